The molecule has 2 aromatic carbocycles. The Hall–Kier alpha value is -3.32. The fraction of sp³-hybridized carbons (Fsp3) is 0.261. The zero-order valence-corrected chi connectivity index (χ0v) is 18.1. The van der Waals surface area contributed by atoms with Gasteiger partial charge in [0.2, 0.25) is 0 Å². The molecule has 0 saturated heterocycles. The number of anilines is 1. The molecular weight excluding hydrogens is 416 g/mol. The van der Waals surface area contributed by atoms with Crippen molar-refractivity contribution in [1.29, 1.82) is 0 Å². The molecule has 0 saturated carbocycles. The van der Waals surface area contributed by atoms with E-state index < -0.39 is 6.03 Å². The number of hydrogen-bond acceptors (Lipinski definition) is 4. The number of carbonyl (C=O) groups excluding carboxylic acids is 2. The minimum atomic E-state index is -0.420. The van der Waals surface area contributed by atoms with Gasteiger partial charge >= 0.3 is 12.1 Å². The Kier molecular flexibility index (Phi) is 5.95. The molecule has 0 spiro atoms. The molecule has 0 radical (unpaired) electrons. The number of amidine groups is 1. The average Bonchev–Trinajstić information content (AvgIpc) is 3.07. The molecule has 8 heteroatoms. The molecule has 1 N–H and O–H groups in total. The Morgan fingerprint density at radius 3 is 2.68 bits per heavy atom. The van der Waals surface area contributed by atoms with Crippen molar-refractivity contribution in [3.63, 3.8) is 0 Å². The summed E-state index contributed by atoms with van der Waals surface area (Å²) in [4.78, 5) is 32.7. The topological polar surface area (TPSA) is 74.2 Å². The van der Waals surface area contributed by atoms with Gasteiger partial charge < -0.3 is 15.0 Å². The number of nitrogens with one attached hydrogen (secondary N) is 1. The van der Waals surface area contributed by atoms with Crippen LogP contribution < -0.4 is 5.32 Å². The van der Waals surface area contributed by atoms with Crippen LogP contribution in [-0.2, 0) is 16.1 Å². The fourth-order valence-electron chi connectivity index (χ4n) is 3.44. The lowest BCUT2D eigenvalue weighted by molar-refractivity contribution is -0.113. The van der Waals surface area contributed by atoms with E-state index in [1.807, 2.05) is 42.5 Å². The molecule has 0 aliphatic carbocycles. The molecular formula is C23H23ClN4O3. The molecule has 3 amide bonds. The molecule has 31 heavy (non-hydrogen) atoms. The lowest BCUT2D eigenvalue weighted by Crippen LogP contribution is -2.36. The van der Waals surface area contributed by atoms with E-state index in [0.717, 1.165) is 5.56 Å². The van der Waals surface area contributed by atoms with Crippen LogP contribution in [0, 0.1) is 0 Å². The summed E-state index contributed by atoms with van der Waals surface area (Å²) in [6, 6.07) is 14.8. The van der Waals surface area contributed by atoms with E-state index in [-0.39, 0.29) is 11.9 Å². The first-order valence-electron chi connectivity index (χ1n) is 10.1. The lowest BCUT2D eigenvalue weighted by atomic mass is 10.0. The summed E-state index contributed by atoms with van der Waals surface area (Å²) in [6.45, 7) is 5.38. The molecule has 0 aromatic heterocycles. The van der Waals surface area contributed by atoms with Crippen LogP contribution in [0.1, 0.15) is 30.9 Å². The van der Waals surface area contributed by atoms with Gasteiger partial charge in [0.05, 0.1) is 0 Å². The zero-order chi connectivity index (χ0) is 22.0. The van der Waals surface area contributed by atoms with Gasteiger partial charge in [0.1, 0.15) is 12.0 Å². The molecule has 2 aromatic rings. The second-order valence-corrected chi connectivity index (χ2v) is 8.17. The molecule has 2 aliphatic heterocycles. The van der Waals surface area contributed by atoms with Crippen LogP contribution in [0.15, 0.2) is 65.5 Å². The summed E-state index contributed by atoms with van der Waals surface area (Å²) in [5.74, 6) is 0.0946. The predicted octanol–water partition coefficient (Wildman–Crippen LogP) is 4.57. The first-order valence-corrected chi connectivity index (χ1v) is 10.5. The van der Waals surface area contributed by atoms with Crippen molar-refractivity contribution in [2.45, 2.75) is 26.3 Å². The summed E-state index contributed by atoms with van der Waals surface area (Å²) < 4.78 is 5.43. The zero-order valence-electron chi connectivity index (χ0n) is 17.3. The summed E-state index contributed by atoms with van der Waals surface area (Å²) in [7, 11) is 0. The van der Waals surface area contributed by atoms with Gasteiger partial charge in [-0.25, -0.2) is 4.79 Å². The summed E-state index contributed by atoms with van der Waals surface area (Å²) >= 11 is 6.04. The number of amides is 3. The lowest BCUT2D eigenvalue weighted by Gasteiger charge is -2.21. The number of benzene rings is 2. The Labute approximate surface area is 186 Å². The molecule has 2 heterocycles. The third-order valence-corrected chi connectivity index (χ3v) is 5.42. The molecule has 0 atom stereocenters. The van der Waals surface area contributed by atoms with Crippen LogP contribution in [0.3, 0.4) is 0 Å². The minimum absolute atomic E-state index is 0.110. The number of urea groups is 1. The number of aliphatic imine (C=N–C) groups is 1. The standard InChI is InChI=1S/C23H23ClN4O3/c1-15(2)17-6-8-19(9-7-17)25-21(29)20-14-31-23-26-22(30)27(10-11-28(20)23)13-16-4-3-5-18(24)12-16/h3-9,12,14-15H,10-11,13H2,1-2H3,(H,25,29). The second kappa shape index (κ2) is 8.81. The van der Waals surface area contributed by atoms with Crippen LogP contribution in [-0.4, -0.2) is 40.8 Å². The van der Waals surface area contributed by atoms with Crippen LogP contribution >= 0.6 is 11.6 Å². The molecule has 7 nitrogen and oxygen atoms in total. The van der Waals surface area contributed by atoms with Crippen LogP contribution in [0.5, 0.6) is 0 Å². The van der Waals surface area contributed by atoms with Gasteiger partial charge in [0, 0.05) is 30.3 Å². The molecule has 0 bridgehead atoms. The van der Waals surface area contributed by atoms with Gasteiger partial charge in [0.25, 0.3) is 5.91 Å². The van der Waals surface area contributed by atoms with E-state index in [0.29, 0.717) is 42.0 Å². The highest BCUT2D eigenvalue weighted by atomic mass is 35.5. The number of carbonyl (C=O) groups is 2. The van der Waals surface area contributed by atoms with Crippen molar-refractivity contribution in [3.8, 4) is 0 Å². The van der Waals surface area contributed by atoms with Crippen LogP contribution in [0.2, 0.25) is 5.02 Å². The van der Waals surface area contributed by atoms with E-state index in [2.05, 4.69) is 24.2 Å². The van der Waals surface area contributed by atoms with E-state index in [4.69, 9.17) is 16.3 Å². The minimum Gasteiger partial charge on any atom is -0.431 e. The van der Waals surface area contributed by atoms with Gasteiger partial charge in [-0.05, 0) is 41.3 Å². The first kappa shape index (κ1) is 20.9. The number of halogens is 1. The highest BCUT2D eigenvalue weighted by Crippen LogP contribution is 2.23. The van der Waals surface area contributed by atoms with E-state index in [9.17, 15) is 9.59 Å². The monoisotopic (exact) mass is 438 g/mol. The highest BCUT2D eigenvalue weighted by molar-refractivity contribution is 6.30. The number of hydrogen-bond donors (Lipinski definition) is 1. The molecule has 4 rings (SSSR count). The maximum atomic E-state index is 12.8. The number of fused-ring (bicyclic) bond motifs is 1. The molecule has 0 unspecified atom stereocenters. The normalized spacial score (nSPS) is 15.8. The molecule has 2 aliphatic rings. The average molecular weight is 439 g/mol. The third kappa shape index (κ3) is 4.72. The molecule has 160 valence electrons. The van der Waals surface area contributed by atoms with E-state index >= 15 is 0 Å². The van der Waals surface area contributed by atoms with Crippen LogP contribution in [0.4, 0.5) is 10.5 Å². The van der Waals surface area contributed by atoms with E-state index in [1.165, 1.54) is 11.8 Å². The van der Waals surface area contributed by atoms with Gasteiger partial charge in [0.15, 0.2) is 0 Å². The van der Waals surface area contributed by atoms with Crippen molar-refractivity contribution < 1.29 is 14.3 Å². The number of rotatable bonds is 5. The van der Waals surface area contributed by atoms with Crippen LogP contribution in [0.25, 0.3) is 0 Å². The van der Waals surface area contributed by atoms with Gasteiger partial charge in [-0.1, -0.05) is 49.7 Å². The second-order valence-electron chi connectivity index (χ2n) is 7.73. The quantitative estimate of drug-likeness (QED) is 0.742. The third-order valence-electron chi connectivity index (χ3n) is 5.18. The summed E-state index contributed by atoms with van der Waals surface area (Å²) in [5, 5.41) is 3.48. The smallest absolute Gasteiger partial charge is 0.348 e. The summed E-state index contributed by atoms with van der Waals surface area (Å²) in [6.07, 6.45) is 1.33. The van der Waals surface area contributed by atoms with Gasteiger partial charge in [-0.15, -0.1) is 4.99 Å². The van der Waals surface area contributed by atoms with Crippen molar-refractivity contribution in [2.75, 3.05) is 18.4 Å². The van der Waals surface area contributed by atoms with Crippen molar-refractivity contribution in [1.82, 2.24) is 9.80 Å². The van der Waals surface area contributed by atoms with Crippen molar-refractivity contribution in [3.05, 3.63) is 76.6 Å². The Morgan fingerprint density at radius 1 is 1.19 bits per heavy atom. The Balaban J connectivity index is 1.43. The predicted molar refractivity (Wildman–Crippen MR) is 120 cm³/mol. The number of nitrogens with zero attached hydrogens (tertiary/aromatic N) is 3. The SMILES string of the molecule is CC(C)c1ccc(NC(=O)C2=COC3=NC(=O)N(Cc4cccc(Cl)c4)CCN23)cc1. The highest BCUT2D eigenvalue weighted by Gasteiger charge is 2.33. The maximum Gasteiger partial charge on any atom is 0.348 e. The molecule has 0 fully saturated rings. The Bertz CT molecular complexity index is 1060. The summed E-state index contributed by atoms with van der Waals surface area (Å²) in [5.41, 5.74) is 3.10. The fourth-order valence-corrected chi connectivity index (χ4v) is 3.65. The Morgan fingerprint density at radius 2 is 1.97 bits per heavy atom. The van der Waals surface area contributed by atoms with Gasteiger partial charge in [-0.2, -0.15) is 0 Å². The van der Waals surface area contributed by atoms with E-state index in [1.54, 1.807) is 15.9 Å². The van der Waals surface area contributed by atoms with Gasteiger partial charge in [-0.3, -0.25) is 9.69 Å². The number of ether oxygens (including phenoxy) is 1. The van der Waals surface area contributed by atoms with Crippen molar-refractivity contribution in [2.24, 2.45) is 4.99 Å². The first-order chi connectivity index (χ1) is 14.9. The largest absolute Gasteiger partial charge is 0.431 e. The maximum absolute atomic E-state index is 12.8. The van der Waals surface area contributed by atoms with Crippen molar-refractivity contribution >= 4 is 35.2 Å².